The van der Waals surface area contributed by atoms with E-state index in [1.54, 1.807) is 7.11 Å². The van der Waals surface area contributed by atoms with Gasteiger partial charge in [-0.05, 0) is 55.3 Å². The van der Waals surface area contributed by atoms with Crippen LogP contribution in [0.4, 0.5) is 0 Å². The fourth-order valence-electron chi connectivity index (χ4n) is 2.67. The van der Waals surface area contributed by atoms with Crippen LogP contribution in [-0.4, -0.2) is 24.5 Å². The molecule has 1 heterocycles. The van der Waals surface area contributed by atoms with Gasteiger partial charge >= 0.3 is 0 Å². The maximum Gasteiger partial charge on any atom is 0.251 e. The fraction of sp³-hybridized carbons (Fsp3) is 0.211. The standard InChI is InChI=1S/C19H20N2O2/c1-13-10-16-12-15(6-7-18(16)21-13)19(22)20-9-8-14-4-3-5-17(11-14)23-2/h3-7,10-12,21H,8-9H2,1-2H3,(H,20,22). The van der Waals surface area contributed by atoms with Crippen LogP contribution in [0.2, 0.25) is 0 Å². The molecule has 0 saturated heterocycles. The number of nitrogens with one attached hydrogen (secondary N) is 2. The first-order valence-electron chi connectivity index (χ1n) is 7.66. The third-order valence-electron chi connectivity index (χ3n) is 3.85. The van der Waals surface area contributed by atoms with Gasteiger partial charge in [0.2, 0.25) is 0 Å². The zero-order valence-corrected chi connectivity index (χ0v) is 13.3. The first-order valence-corrected chi connectivity index (χ1v) is 7.66. The summed E-state index contributed by atoms with van der Waals surface area (Å²) in [5, 5.41) is 4.02. The number of carbonyl (C=O) groups excluding carboxylic acids is 1. The molecule has 0 aliphatic rings. The van der Waals surface area contributed by atoms with Gasteiger partial charge < -0.3 is 15.0 Å². The minimum absolute atomic E-state index is 0.0475. The van der Waals surface area contributed by atoms with E-state index in [0.29, 0.717) is 12.1 Å². The van der Waals surface area contributed by atoms with Crippen molar-refractivity contribution in [1.29, 1.82) is 0 Å². The van der Waals surface area contributed by atoms with Crippen LogP contribution in [0.3, 0.4) is 0 Å². The van der Waals surface area contributed by atoms with Gasteiger partial charge in [0.05, 0.1) is 7.11 Å². The van der Waals surface area contributed by atoms with E-state index in [0.717, 1.165) is 34.3 Å². The molecule has 3 aromatic rings. The van der Waals surface area contributed by atoms with Crippen LogP contribution >= 0.6 is 0 Å². The highest BCUT2D eigenvalue weighted by atomic mass is 16.5. The van der Waals surface area contributed by atoms with E-state index in [1.165, 1.54) is 0 Å². The molecule has 118 valence electrons. The highest BCUT2D eigenvalue weighted by Crippen LogP contribution is 2.17. The van der Waals surface area contributed by atoms with Crippen molar-refractivity contribution in [3.8, 4) is 5.75 Å². The second-order valence-corrected chi connectivity index (χ2v) is 5.61. The molecule has 0 unspecified atom stereocenters. The fourth-order valence-corrected chi connectivity index (χ4v) is 2.67. The summed E-state index contributed by atoms with van der Waals surface area (Å²) < 4.78 is 5.20. The Kier molecular flexibility index (Phi) is 4.33. The second kappa shape index (κ2) is 6.57. The molecule has 0 fully saturated rings. The minimum Gasteiger partial charge on any atom is -0.497 e. The number of aromatic nitrogens is 1. The molecule has 4 nitrogen and oxygen atoms in total. The molecule has 0 saturated carbocycles. The topological polar surface area (TPSA) is 54.1 Å². The largest absolute Gasteiger partial charge is 0.497 e. The Balaban J connectivity index is 1.61. The van der Waals surface area contributed by atoms with E-state index in [1.807, 2.05) is 55.5 Å². The maximum atomic E-state index is 12.3. The second-order valence-electron chi connectivity index (χ2n) is 5.61. The van der Waals surface area contributed by atoms with Crippen LogP contribution in [0.1, 0.15) is 21.6 Å². The number of aryl methyl sites for hydroxylation is 1. The summed E-state index contributed by atoms with van der Waals surface area (Å²) in [5.41, 5.74) is 3.97. The molecule has 1 amide bonds. The van der Waals surface area contributed by atoms with E-state index in [9.17, 15) is 4.79 Å². The summed E-state index contributed by atoms with van der Waals surface area (Å²) in [5.74, 6) is 0.788. The summed E-state index contributed by atoms with van der Waals surface area (Å²) in [6.07, 6.45) is 0.772. The van der Waals surface area contributed by atoms with Crippen molar-refractivity contribution < 1.29 is 9.53 Å². The van der Waals surface area contributed by atoms with Crippen molar-refractivity contribution in [1.82, 2.24) is 10.3 Å². The van der Waals surface area contributed by atoms with Crippen LogP contribution in [0.25, 0.3) is 10.9 Å². The molecule has 0 radical (unpaired) electrons. The van der Waals surface area contributed by atoms with Crippen LogP contribution < -0.4 is 10.1 Å². The first kappa shape index (κ1) is 15.2. The van der Waals surface area contributed by atoms with Crippen molar-refractivity contribution in [2.24, 2.45) is 0 Å². The molecular formula is C19H20N2O2. The predicted octanol–water partition coefficient (Wildman–Crippen LogP) is 3.46. The van der Waals surface area contributed by atoms with Crippen molar-refractivity contribution in [2.75, 3.05) is 13.7 Å². The van der Waals surface area contributed by atoms with E-state index >= 15 is 0 Å². The van der Waals surface area contributed by atoms with Crippen molar-refractivity contribution >= 4 is 16.8 Å². The smallest absolute Gasteiger partial charge is 0.251 e. The number of fused-ring (bicyclic) bond motifs is 1. The Labute approximate surface area is 135 Å². The summed E-state index contributed by atoms with van der Waals surface area (Å²) in [6.45, 7) is 2.60. The molecule has 4 heteroatoms. The van der Waals surface area contributed by atoms with Gasteiger partial charge in [0, 0.05) is 28.7 Å². The van der Waals surface area contributed by atoms with Gasteiger partial charge in [0.15, 0.2) is 0 Å². The van der Waals surface area contributed by atoms with Gasteiger partial charge in [-0.1, -0.05) is 12.1 Å². The molecule has 0 spiro atoms. The monoisotopic (exact) mass is 308 g/mol. The summed E-state index contributed by atoms with van der Waals surface area (Å²) >= 11 is 0. The quantitative estimate of drug-likeness (QED) is 0.758. The highest BCUT2D eigenvalue weighted by molar-refractivity contribution is 5.98. The van der Waals surface area contributed by atoms with Gasteiger partial charge in [-0.25, -0.2) is 0 Å². The van der Waals surface area contributed by atoms with Gasteiger partial charge in [0.25, 0.3) is 5.91 Å². The molecule has 2 N–H and O–H groups in total. The number of aromatic amines is 1. The Morgan fingerprint density at radius 2 is 2.04 bits per heavy atom. The number of amides is 1. The van der Waals surface area contributed by atoms with Crippen molar-refractivity contribution in [3.05, 3.63) is 65.4 Å². The zero-order chi connectivity index (χ0) is 16.2. The first-order chi connectivity index (χ1) is 11.2. The minimum atomic E-state index is -0.0475. The number of methoxy groups -OCH3 is 1. The molecule has 1 aromatic heterocycles. The molecular weight excluding hydrogens is 288 g/mol. The van der Waals surface area contributed by atoms with Crippen LogP contribution in [-0.2, 0) is 6.42 Å². The molecule has 0 aliphatic heterocycles. The van der Waals surface area contributed by atoms with Crippen LogP contribution in [0.5, 0.6) is 5.75 Å². The van der Waals surface area contributed by atoms with Gasteiger partial charge in [-0.2, -0.15) is 0 Å². The Morgan fingerprint density at radius 3 is 2.87 bits per heavy atom. The number of ether oxygens (including phenoxy) is 1. The average molecular weight is 308 g/mol. The Hall–Kier alpha value is -2.75. The molecule has 0 aliphatic carbocycles. The van der Waals surface area contributed by atoms with E-state index < -0.39 is 0 Å². The number of H-pyrrole nitrogens is 1. The molecule has 3 rings (SSSR count). The van der Waals surface area contributed by atoms with Gasteiger partial charge in [-0.15, -0.1) is 0 Å². The van der Waals surface area contributed by atoms with E-state index in [4.69, 9.17) is 4.74 Å². The Morgan fingerprint density at radius 1 is 1.17 bits per heavy atom. The lowest BCUT2D eigenvalue weighted by atomic mass is 10.1. The van der Waals surface area contributed by atoms with E-state index in [-0.39, 0.29) is 5.91 Å². The lowest BCUT2D eigenvalue weighted by molar-refractivity contribution is 0.0954. The van der Waals surface area contributed by atoms with E-state index in [2.05, 4.69) is 10.3 Å². The lowest BCUT2D eigenvalue weighted by Gasteiger charge is -2.07. The van der Waals surface area contributed by atoms with Crippen molar-refractivity contribution in [2.45, 2.75) is 13.3 Å². The third-order valence-corrected chi connectivity index (χ3v) is 3.85. The molecule has 0 bridgehead atoms. The Bertz CT molecular complexity index is 836. The highest BCUT2D eigenvalue weighted by Gasteiger charge is 2.07. The lowest BCUT2D eigenvalue weighted by Crippen LogP contribution is -2.25. The number of carbonyl (C=O) groups is 1. The third kappa shape index (κ3) is 3.54. The van der Waals surface area contributed by atoms with Gasteiger partial charge in [-0.3, -0.25) is 4.79 Å². The zero-order valence-electron chi connectivity index (χ0n) is 13.3. The average Bonchev–Trinajstić information content (AvgIpc) is 2.94. The number of hydrogen-bond donors (Lipinski definition) is 2. The molecule has 0 atom stereocenters. The number of rotatable bonds is 5. The number of hydrogen-bond acceptors (Lipinski definition) is 2. The van der Waals surface area contributed by atoms with Crippen LogP contribution in [0, 0.1) is 6.92 Å². The van der Waals surface area contributed by atoms with Crippen molar-refractivity contribution in [3.63, 3.8) is 0 Å². The number of benzene rings is 2. The van der Waals surface area contributed by atoms with Gasteiger partial charge in [0.1, 0.15) is 5.75 Å². The summed E-state index contributed by atoms with van der Waals surface area (Å²) in [7, 11) is 1.65. The normalized spacial score (nSPS) is 10.7. The molecule has 2 aromatic carbocycles. The summed E-state index contributed by atoms with van der Waals surface area (Å²) in [6, 6.07) is 15.6. The van der Waals surface area contributed by atoms with Crippen LogP contribution in [0.15, 0.2) is 48.5 Å². The predicted molar refractivity (Wildman–Crippen MR) is 92.1 cm³/mol. The maximum absolute atomic E-state index is 12.3. The summed E-state index contributed by atoms with van der Waals surface area (Å²) in [4.78, 5) is 15.5. The SMILES string of the molecule is COc1cccc(CCNC(=O)c2ccc3[nH]c(C)cc3c2)c1. The molecule has 23 heavy (non-hydrogen) atoms.